The standard InChI is InChI=1S/C16H22N2OS/c1-11-7-9-12(10-8-11)16(19)18(2)14-6-4-3-5-13(14)15(17)20/h3-6,11-12H,7-10H2,1-2H3,(H2,17,20). The van der Waals surface area contributed by atoms with Crippen molar-refractivity contribution < 1.29 is 4.79 Å². The Bertz CT molecular complexity index is 507. The van der Waals surface area contributed by atoms with Crippen LogP contribution in [0.5, 0.6) is 0 Å². The monoisotopic (exact) mass is 290 g/mol. The molecule has 1 aliphatic carbocycles. The molecule has 0 heterocycles. The second-order valence-corrected chi connectivity index (χ2v) is 6.18. The minimum atomic E-state index is 0.135. The number of nitrogens with two attached hydrogens (primary N) is 1. The van der Waals surface area contributed by atoms with Gasteiger partial charge in [-0.05, 0) is 43.7 Å². The predicted octanol–water partition coefficient (Wildman–Crippen LogP) is 3.11. The third-order valence-corrected chi connectivity index (χ3v) is 4.45. The lowest BCUT2D eigenvalue weighted by atomic mass is 9.82. The number of benzene rings is 1. The molecule has 0 aromatic heterocycles. The largest absolute Gasteiger partial charge is 0.389 e. The summed E-state index contributed by atoms with van der Waals surface area (Å²) in [6.45, 7) is 2.26. The molecular weight excluding hydrogens is 268 g/mol. The van der Waals surface area contributed by atoms with Crippen LogP contribution in [-0.4, -0.2) is 17.9 Å². The Balaban J connectivity index is 2.17. The first-order valence-corrected chi connectivity index (χ1v) is 7.58. The summed E-state index contributed by atoms with van der Waals surface area (Å²) in [5.41, 5.74) is 7.32. The Morgan fingerprint density at radius 1 is 1.25 bits per heavy atom. The molecule has 2 rings (SSSR count). The Labute approximate surface area is 126 Å². The molecule has 20 heavy (non-hydrogen) atoms. The molecule has 108 valence electrons. The highest BCUT2D eigenvalue weighted by molar-refractivity contribution is 7.80. The Morgan fingerprint density at radius 3 is 2.45 bits per heavy atom. The molecule has 3 nitrogen and oxygen atoms in total. The van der Waals surface area contributed by atoms with Crippen LogP contribution in [0.15, 0.2) is 24.3 Å². The van der Waals surface area contributed by atoms with Crippen molar-refractivity contribution in [3.8, 4) is 0 Å². The van der Waals surface area contributed by atoms with Crippen molar-refractivity contribution in [2.24, 2.45) is 17.6 Å². The van der Waals surface area contributed by atoms with Crippen molar-refractivity contribution in [2.45, 2.75) is 32.6 Å². The van der Waals surface area contributed by atoms with Gasteiger partial charge in [-0.2, -0.15) is 0 Å². The minimum Gasteiger partial charge on any atom is -0.389 e. The van der Waals surface area contributed by atoms with Crippen LogP contribution in [0.25, 0.3) is 0 Å². The van der Waals surface area contributed by atoms with E-state index in [4.69, 9.17) is 18.0 Å². The van der Waals surface area contributed by atoms with Gasteiger partial charge in [0.2, 0.25) is 5.91 Å². The van der Waals surface area contributed by atoms with Crippen LogP contribution in [0.4, 0.5) is 5.69 Å². The van der Waals surface area contributed by atoms with Gasteiger partial charge in [0.15, 0.2) is 0 Å². The number of rotatable bonds is 3. The van der Waals surface area contributed by atoms with Gasteiger partial charge in [-0.1, -0.05) is 31.3 Å². The van der Waals surface area contributed by atoms with Crippen molar-refractivity contribution in [1.82, 2.24) is 0 Å². The lowest BCUT2D eigenvalue weighted by Gasteiger charge is -2.29. The number of para-hydroxylation sites is 1. The van der Waals surface area contributed by atoms with E-state index in [2.05, 4.69) is 6.92 Å². The Kier molecular flexibility index (Phi) is 4.76. The van der Waals surface area contributed by atoms with E-state index in [1.165, 1.54) is 0 Å². The molecule has 1 amide bonds. The van der Waals surface area contributed by atoms with Crippen molar-refractivity contribution in [3.05, 3.63) is 29.8 Å². The lowest BCUT2D eigenvalue weighted by Crippen LogP contribution is -2.35. The second kappa shape index (κ2) is 6.35. The first kappa shape index (κ1) is 15.0. The molecule has 4 heteroatoms. The van der Waals surface area contributed by atoms with E-state index >= 15 is 0 Å². The van der Waals surface area contributed by atoms with Crippen LogP contribution >= 0.6 is 12.2 Å². The van der Waals surface area contributed by atoms with Crippen LogP contribution < -0.4 is 10.6 Å². The summed E-state index contributed by atoms with van der Waals surface area (Å²) < 4.78 is 0. The Hall–Kier alpha value is -1.42. The molecule has 1 saturated carbocycles. The van der Waals surface area contributed by atoms with E-state index in [0.717, 1.165) is 42.9 Å². The minimum absolute atomic E-state index is 0.135. The molecule has 2 N–H and O–H groups in total. The summed E-state index contributed by atoms with van der Waals surface area (Å²) in [6.07, 6.45) is 4.25. The fourth-order valence-corrected chi connectivity index (χ4v) is 3.05. The number of carbonyl (C=O) groups excluding carboxylic acids is 1. The summed E-state index contributed by atoms with van der Waals surface area (Å²) in [7, 11) is 1.82. The van der Waals surface area contributed by atoms with Crippen LogP contribution in [-0.2, 0) is 4.79 Å². The summed E-state index contributed by atoms with van der Waals surface area (Å²) in [5, 5.41) is 0. The molecule has 0 spiro atoms. The number of amides is 1. The maximum atomic E-state index is 12.6. The molecule has 1 aromatic rings. The maximum absolute atomic E-state index is 12.6. The zero-order valence-electron chi connectivity index (χ0n) is 12.1. The van der Waals surface area contributed by atoms with Crippen LogP contribution in [0.1, 0.15) is 38.2 Å². The van der Waals surface area contributed by atoms with Crippen LogP contribution in [0, 0.1) is 11.8 Å². The van der Waals surface area contributed by atoms with E-state index in [0.29, 0.717) is 4.99 Å². The highest BCUT2D eigenvalue weighted by atomic mass is 32.1. The molecule has 0 radical (unpaired) electrons. The van der Waals surface area contributed by atoms with Crippen molar-refractivity contribution in [1.29, 1.82) is 0 Å². The van der Waals surface area contributed by atoms with Gasteiger partial charge in [-0.25, -0.2) is 0 Å². The van der Waals surface area contributed by atoms with Gasteiger partial charge in [0.25, 0.3) is 0 Å². The van der Waals surface area contributed by atoms with Gasteiger partial charge < -0.3 is 10.6 Å². The normalized spacial score (nSPS) is 22.3. The predicted molar refractivity (Wildman–Crippen MR) is 86.9 cm³/mol. The molecule has 1 aromatic carbocycles. The highest BCUT2D eigenvalue weighted by Gasteiger charge is 2.28. The molecule has 0 atom stereocenters. The van der Waals surface area contributed by atoms with Crippen LogP contribution in [0.3, 0.4) is 0 Å². The molecule has 0 unspecified atom stereocenters. The third-order valence-electron chi connectivity index (χ3n) is 4.23. The van der Waals surface area contributed by atoms with Crippen LogP contribution in [0.2, 0.25) is 0 Å². The SMILES string of the molecule is CC1CCC(C(=O)N(C)c2ccccc2C(N)=S)CC1. The smallest absolute Gasteiger partial charge is 0.229 e. The number of carbonyl (C=O) groups is 1. The summed E-state index contributed by atoms with van der Waals surface area (Å²) in [5.74, 6) is 1.06. The quantitative estimate of drug-likeness (QED) is 0.870. The third kappa shape index (κ3) is 3.18. The fraction of sp³-hybridized carbons (Fsp3) is 0.500. The number of nitrogens with zero attached hydrogens (tertiary/aromatic N) is 1. The van der Waals surface area contributed by atoms with E-state index < -0.39 is 0 Å². The van der Waals surface area contributed by atoms with Gasteiger partial charge in [-0.3, -0.25) is 4.79 Å². The zero-order valence-corrected chi connectivity index (χ0v) is 13.0. The van der Waals surface area contributed by atoms with E-state index in [9.17, 15) is 4.79 Å². The maximum Gasteiger partial charge on any atom is 0.229 e. The van der Waals surface area contributed by atoms with Gasteiger partial charge >= 0.3 is 0 Å². The van der Waals surface area contributed by atoms with Crippen molar-refractivity contribution in [3.63, 3.8) is 0 Å². The molecule has 1 aliphatic rings. The number of anilines is 1. The summed E-state index contributed by atoms with van der Waals surface area (Å²) >= 11 is 5.07. The average molecular weight is 290 g/mol. The van der Waals surface area contributed by atoms with E-state index in [1.807, 2.05) is 31.3 Å². The second-order valence-electron chi connectivity index (χ2n) is 5.74. The van der Waals surface area contributed by atoms with Gasteiger partial charge in [0, 0.05) is 18.5 Å². The number of hydrogen-bond acceptors (Lipinski definition) is 2. The van der Waals surface area contributed by atoms with Gasteiger partial charge in [-0.15, -0.1) is 0 Å². The van der Waals surface area contributed by atoms with E-state index in [1.54, 1.807) is 4.90 Å². The lowest BCUT2D eigenvalue weighted by molar-refractivity contribution is -0.123. The summed E-state index contributed by atoms with van der Waals surface area (Å²) in [4.78, 5) is 14.7. The highest BCUT2D eigenvalue weighted by Crippen LogP contribution is 2.31. The van der Waals surface area contributed by atoms with Crippen molar-refractivity contribution >= 4 is 28.8 Å². The molecular formula is C16H22N2OS. The first-order chi connectivity index (χ1) is 9.50. The van der Waals surface area contributed by atoms with Crippen molar-refractivity contribution in [2.75, 3.05) is 11.9 Å². The average Bonchev–Trinajstić information content (AvgIpc) is 2.46. The Morgan fingerprint density at radius 2 is 1.85 bits per heavy atom. The molecule has 0 aliphatic heterocycles. The number of thiocarbonyl (C=S) groups is 1. The molecule has 0 saturated heterocycles. The molecule has 0 bridgehead atoms. The fourth-order valence-electron chi connectivity index (χ4n) is 2.87. The summed E-state index contributed by atoms with van der Waals surface area (Å²) in [6, 6.07) is 7.56. The zero-order chi connectivity index (χ0) is 14.7. The first-order valence-electron chi connectivity index (χ1n) is 7.17. The van der Waals surface area contributed by atoms with Gasteiger partial charge in [0.1, 0.15) is 4.99 Å². The van der Waals surface area contributed by atoms with E-state index in [-0.39, 0.29) is 11.8 Å². The van der Waals surface area contributed by atoms with Gasteiger partial charge in [0.05, 0.1) is 5.69 Å². The number of hydrogen-bond donors (Lipinski definition) is 1. The topological polar surface area (TPSA) is 46.3 Å². The molecule has 1 fully saturated rings.